The van der Waals surface area contributed by atoms with Crippen LogP contribution in [0.15, 0.2) is 84.1 Å². The summed E-state index contributed by atoms with van der Waals surface area (Å²) in [5, 5.41) is 3.86. The van der Waals surface area contributed by atoms with Gasteiger partial charge in [0.15, 0.2) is 29.7 Å². The molecule has 2 unspecified atom stereocenters. The Balaban J connectivity index is 1.18. The zero-order valence-corrected chi connectivity index (χ0v) is 37.7. The predicted molar refractivity (Wildman–Crippen MR) is 247 cm³/mol. The highest BCUT2D eigenvalue weighted by Crippen LogP contribution is 2.47. The van der Waals surface area contributed by atoms with Gasteiger partial charge in [0.25, 0.3) is 0 Å². The van der Waals surface area contributed by atoms with Crippen molar-refractivity contribution in [1.29, 1.82) is 0 Å². The van der Waals surface area contributed by atoms with E-state index in [0.717, 1.165) is 71.5 Å². The summed E-state index contributed by atoms with van der Waals surface area (Å²) in [6.07, 6.45) is 22.3. The number of benzene rings is 2. The molecule has 4 aliphatic rings. The SMILES string of the molecule is C=C1CC2C(CCc3ccc4c(oc5nc(C)ccc54)c3-c3cc(CC4CCCC4)cc[n+]31)c1ccc(C3CCCCC3)cc1-c1cc(CC(C)C)c([Si](C)(C)C)c[n+]12. The zero-order valence-electron chi connectivity index (χ0n) is 36.7. The number of pyridine rings is 3. The van der Waals surface area contributed by atoms with E-state index >= 15 is 0 Å². The van der Waals surface area contributed by atoms with Crippen LogP contribution >= 0.6 is 0 Å². The van der Waals surface area contributed by atoms with Crippen LogP contribution in [0.2, 0.25) is 19.6 Å². The highest BCUT2D eigenvalue weighted by atomic mass is 28.3. The van der Waals surface area contributed by atoms with E-state index in [2.05, 4.69) is 123 Å². The lowest BCUT2D eigenvalue weighted by Crippen LogP contribution is -2.54. The van der Waals surface area contributed by atoms with E-state index in [9.17, 15) is 0 Å². The van der Waals surface area contributed by atoms with E-state index in [1.807, 2.05) is 0 Å². The molecule has 0 spiro atoms. The van der Waals surface area contributed by atoms with Crippen LogP contribution in [0.25, 0.3) is 50.3 Å². The number of nitrogens with zero attached hydrogens (tertiary/aromatic N) is 3. The normalized spacial score (nSPS) is 20.1. The van der Waals surface area contributed by atoms with Crippen LogP contribution < -0.4 is 14.3 Å². The van der Waals surface area contributed by atoms with Crippen LogP contribution in [0.5, 0.6) is 0 Å². The molecule has 5 heteroatoms. The van der Waals surface area contributed by atoms with Crippen molar-refractivity contribution in [2.75, 3.05) is 0 Å². The van der Waals surface area contributed by atoms with Crippen molar-refractivity contribution in [3.05, 3.63) is 113 Å². The third-order valence-electron chi connectivity index (χ3n) is 14.8. The van der Waals surface area contributed by atoms with Gasteiger partial charge in [0.1, 0.15) is 0 Å². The molecule has 2 aliphatic heterocycles. The maximum Gasteiger partial charge on any atom is 0.227 e. The fraction of sp³-hybridized carbons (Fsp3) is 0.463. The minimum atomic E-state index is -1.68. The predicted octanol–water partition coefficient (Wildman–Crippen LogP) is 12.9. The first-order chi connectivity index (χ1) is 28.5. The number of aryl methyl sites for hydroxylation is 2. The number of hydrogen-bond donors (Lipinski definition) is 0. The summed E-state index contributed by atoms with van der Waals surface area (Å²) in [6, 6.07) is 24.6. The summed E-state index contributed by atoms with van der Waals surface area (Å²) in [5.74, 6) is 2.39. The molecule has 0 amide bonds. The summed E-state index contributed by atoms with van der Waals surface area (Å²) in [7, 11) is -1.68. The number of fused-ring (bicyclic) bond motifs is 13. The fourth-order valence-corrected chi connectivity index (χ4v) is 13.5. The molecule has 0 N–H and O–H groups in total. The molecule has 2 aromatic carbocycles. The summed E-state index contributed by atoms with van der Waals surface area (Å²) in [5.41, 5.74) is 16.6. The maximum absolute atomic E-state index is 6.87. The van der Waals surface area contributed by atoms with E-state index in [1.54, 1.807) is 16.3 Å². The van der Waals surface area contributed by atoms with Crippen LogP contribution in [-0.2, 0) is 19.3 Å². The van der Waals surface area contributed by atoms with Crippen LogP contribution in [0.4, 0.5) is 0 Å². The van der Waals surface area contributed by atoms with E-state index in [0.29, 0.717) is 17.8 Å². The lowest BCUT2D eigenvalue weighted by molar-refractivity contribution is -0.719. The largest absolute Gasteiger partial charge is 0.437 e. The molecule has 2 fully saturated rings. The van der Waals surface area contributed by atoms with E-state index in [-0.39, 0.29) is 6.04 Å². The van der Waals surface area contributed by atoms with Gasteiger partial charge in [0.2, 0.25) is 17.1 Å². The van der Waals surface area contributed by atoms with E-state index in [1.165, 1.54) is 97.0 Å². The number of hydrogen-bond acceptors (Lipinski definition) is 2. The fourth-order valence-electron chi connectivity index (χ4n) is 11.9. The average molecular weight is 800 g/mol. The number of allylic oxidation sites excluding steroid dienone is 1. The summed E-state index contributed by atoms with van der Waals surface area (Å²) >= 11 is 0. The van der Waals surface area contributed by atoms with Crippen molar-refractivity contribution in [3.63, 3.8) is 0 Å². The van der Waals surface area contributed by atoms with Crippen LogP contribution in [0, 0.1) is 18.8 Å². The zero-order chi connectivity index (χ0) is 40.6. The molecule has 10 rings (SSSR count). The summed E-state index contributed by atoms with van der Waals surface area (Å²) < 4.78 is 12.1. The Bertz CT molecular complexity index is 2600. The molecule has 6 heterocycles. The van der Waals surface area contributed by atoms with Crippen molar-refractivity contribution < 1.29 is 13.6 Å². The Labute approximate surface area is 353 Å². The van der Waals surface area contributed by atoms with E-state index in [4.69, 9.17) is 16.0 Å². The molecular weight excluding hydrogens is 735 g/mol. The van der Waals surface area contributed by atoms with Crippen LogP contribution in [0.3, 0.4) is 0 Å². The number of aromatic nitrogens is 3. The van der Waals surface area contributed by atoms with Crippen LogP contribution in [-0.4, -0.2) is 13.1 Å². The summed E-state index contributed by atoms with van der Waals surface area (Å²) in [6.45, 7) is 19.5. The third kappa shape index (κ3) is 7.13. The summed E-state index contributed by atoms with van der Waals surface area (Å²) in [4.78, 5) is 4.89. The van der Waals surface area contributed by atoms with Gasteiger partial charge in [-0.25, -0.2) is 4.98 Å². The van der Waals surface area contributed by atoms with Crippen molar-refractivity contribution in [1.82, 2.24) is 4.98 Å². The molecule has 2 aliphatic carbocycles. The molecule has 6 aromatic rings. The standard InChI is InChI=1S/C54H65N3OSi/c1-34(2)27-42-32-49-47-31-41(39-15-9-8-10-16-39)20-22-43(47)44-23-18-40-19-24-45-46-21-17-35(3)55-54(46)58-53(45)52(40)50-30-38(29-37-13-11-12-14-37)25-26-56(50)36(4)28-48(44)57(49)33-51(42)59(5,6)7/h17,19-22,24-26,30-34,37,39,44,48H,4,8-16,18,23,27-29H2,1-3,5-7H3/q+2. The molecular formula is C54H65N3OSi+2. The Morgan fingerprint density at radius 2 is 1.63 bits per heavy atom. The molecule has 0 bridgehead atoms. The second-order valence-electron chi connectivity index (χ2n) is 20.5. The van der Waals surface area contributed by atoms with Gasteiger partial charge < -0.3 is 4.42 Å². The number of rotatable bonds is 6. The van der Waals surface area contributed by atoms with Gasteiger partial charge in [-0.1, -0.05) is 103 Å². The smallest absolute Gasteiger partial charge is 0.227 e. The molecule has 0 saturated heterocycles. The van der Waals surface area contributed by atoms with Gasteiger partial charge >= 0.3 is 0 Å². The maximum atomic E-state index is 6.87. The van der Waals surface area contributed by atoms with Gasteiger partial charge in [-0.15, -0.1) is 0 Å². The van der Waals surface area contributed by atoms with Crippen LogP contribution in [0.1, 0.15) is 136 Å². The van der Waals surface area contributed by atoms with Crippen molar-refractivity contribution in [3.8, 4) is 22.5 Å². The topological polar surface area (TPSA) is 33.8 Å². The second-order valence-corrected chi connectivity index (χ2v) is 25.6. The van der Waals surface area contributed by atoms with Gasteiger partial charge in [-0.05, 0) is 116 Å². The van der Waals surface area contributed by atoms with Gasteiger partial charge in [0.05, 0.1) is 25.6 Å². The molecule has 4 aromatic heterocycles. The molecule has 0 radical (unpaired) electrons. The van der Waals surface area contributed by atoms with Gasteiger partial charge in [-0.3, -0.25) is 0 Å². The van der Waals surface area contributed by atoms with Crippen molar-refractivity contribution in [2.45, 2.75) is 148 Å². The Kier molecular flexibility index (Phi) is 10.1. The van der Waals surface area contributed by atoms with Gasteiger partial charge in [0, 0.05) is 45.8 Å². The minimum Gasteiger partial charge on any atom is -0.437 e. The second kappa shape index (κ2) is 15.3. The molecule has 304 valence electrons. The molecule has 4 nitrogen and oxygen atoms in total. The van der Waals surface area contributed by atoms with E-state index < -0.39 is 8.07 Å². The Morgan fingerprint density at radius 3 is 2.41 bits per heavy atom. The third-order valence-corrected chi connectivity index (χ3v) is 16.9. The molecule has 2 saturated carbocycles. The molecule has 2 atom stereocenters. The first-order valence-electron chi connectivity index (χ1n) is 23.3. The minimum absolute atomic E-state index is 0.260. The lowest BCUT2D eigenvalue weighted by atomic mass is 9.75. The Hall–Kier alpha value is -4.35. The van der Waals surface area contributed by atoms with Gasteiger partial charge in [-0.2, -0.15) is 9.13 Å². The highest BCUT2D eigenvalue weighted by Gasteiger charge is 2.44. The van der Waals surface area contributed by atoms with Crippen molar-refractivity contribution in [2.24, 2.45) is 11.8 Å². The van der Waals surface area contributed by atoms with Crippen molar-refractivity contribution >= 4 is 41.0 Å². The first-order valence-corrected chi connectivity index (χ1v) is 26.8. The Morgan fingerprint density at radius 1 is 0.847 bits per heavy atom. The highest BCUT2D eigenvalue weighted by molar-refractivity contribution is 6.89. The lowest BCUT2D eigenvalue weighted by Gasteiger charge is -2.34. The molecule has 59 heavy (non-hydrogen) atoms. The first kappa shape index (κ1) is 38.8. The quantitative estimate of drug-likeness (QED) is 0.124. The average Bonchev–Trinajstić information content (AvgIpc) is 3.87. The monoisotopic (exact) mass is 799 g/mol. The number of furan rings is 1.